The molecule has 174 valence electrons. The van der Waals surface area contributed by atoms with E-state index in [4.69, 9.17) is 5.11 Å². The van der Waals surface area contributed by atoms with Crippen LogP contribution in [0.2, 0.25) is 0 Å². The van der Waals surface area contributed by atoms with Crippen LogP contribution in [0.25, 0.3) is 21.9 Å². The fourth-order valence-corrected chi connectivity index (χ4v) is 4.58. The second-order valence-corrected chi connectivity index (χ2v) is 9.00. The largest absolute Gasteiger partial charge is 0.416 e. The minimum atomic E-state index is -4.36. The van der Waals surface area contributed by atoms with Gasteiger partial charge in [0.05, 0.1) is 12.2 Å². The number of hydrogen-bond acceptors (Lipinski definition) is 3. The number of nitrogens with zero attached hydrogens (tertiary/aromatic N) is 1. The van der Waals surface area contributed by atoms with Gasteiger partial charge in [0.2, 0.25) is 0 Å². The van der Waals surface area contributed by atoms with Crippen molar-refractivity contribution < 1.29 is 23.1 Å². The second-order valence-electron chi connectivity index (χ2n) is 9.00. The number of halogens is 3. The van der Waals surface area contributed by atoms with Crippen LogP contribution in [-0.2, 0) is 6.18 Å². The van der Waals surface area contributed by atoms with Gasteiger partial charge in [-0.3, -0.25) is 4.79 Å². The zero-order chi connectivity index (χ0) is 23.6. The van der Waals surface area contributed by atoms with Crippen LogP contribution in [-0.4, -0.2) is 42.0 Å². The van der Waals surface area contributed by atoms with Gasteiger partial charge in [0.25, 0.3) is 0 Å². The Hall–Kier alpha value is -2.70. The van der Waals surface area contributed by atoms with Crippen LogP contribution in [0.5, 0.6) is 0 Å². The summed E-state index contributed by atoms with van der Waals surface area (Å²) in [6.45, 7) is 5.05. The molecule has 1 fully saturated rings. The van der Waals surface area contributed by atoms with E-state index in [1.54, 1.807) is 0 Å². The van der Waals surface area contributed by atoms with Gasteiger partial charge >= 0.3 is 6.18 Å². The van der Waals surface area contributed by atoms with E-state index in [9.17, 15) is 18.0 Å². The molecule has 0 unspecified atom stereocenters. The van der Waals surface area contributed by atoms with E-state index < -0.39 is 11.7 Å². The summed E-state index contributed by atoms with van der Waals surface area (Å²) in [4.78, 5) is 15.0. The minimum Gasteiger partial charge on any atom is -0.395 e. The summed E-state index contributed by atoms with van der Waals surface area (Å²) in [6, 6.07) is 16.4. The Morgan fingerprint density at radius 3 is 2.48 bits per heavy atom. The molecular formula is C27H28F3NO2. The maximum atomic E-state index is 12.9. The molecule has 4 rings (SSSR count). The number of hydrogen-bond donors (Lipinski definition) is 1. The number of rotatable bonds is 8. The number of aliphatic hydroxyl groups is 1. The van der Waals surface area contributed by atoms with E-state index in [0.29, 0.717) is 35.9 Å². The summed E-state index contributed by atoms with van der Waals surface area (Å²) in [5, 5.41) is 10.8. The standard InChI is InChI=1S/C27H28F3NO2/c1-18(22-16-31(17-22)13-14-32)5-12-26(33)21-8-11-25-20(15-21)3-2-4-24(25)19-6-9-23(10-7-19)27(28,29)30/h2-4,6-11,15,18,22,32H,5,12-14,16-17H2,1H3/t18-/m0/s1. The smallest absolute Gasteiger partial charge is 0.395 e. The number of fused-ring (bicyclic) bond motifs is 1. The van der Waals surface area contributed by atoms with Crippen LogP contribution < -0.4 is 0 Å². The molecule has 1 aliphatic rings. The molecule has 0 amide bonds. The van der Waals surface area contributed by atoms with Gasteiger partial charge in [-0.1, -0.05) is 49.4 Å². The summed E-state index contributed by atoms with van der Waals surface area (Å²) < 4.78 is 38.6. The number of likely N-dealkylation sites (tertiary alicyclic amines) is 1. The summed E-state index contributed by atoms with van der Waals surface area (Å²) >= 11 is 0. The number of ketones is 1. The van der Waals surface area contributed by atoms with E-state index in [0.717, 1.165) is 48.0 Å². The lowest BCUT2D eigenvalue weighted by molar-refractivity contribution is -0.137. The van der Waals surface area contributed by atoms with Gasteiger partial charge in [-0.2, -0.15) is 13.2 Å². The number of carbonyl (C=O) groups excluding carboxylic acids is 1. The number of β-amino-alcohol motifs (C(OH)–C–C–N with tert-alkyl or cyclic N) is 1. The number of benzene rings is 3. The molecule has 1 aliphatic heterocycles. The van der Waals surface area contributed by atoms with E-state index in [1.165, 1.54) is 12.1 Å². The van der Waals surface area contributed by atoms with E-state index >= 15 is 0 Å². The zero-order valence-electron chi connectivity index (χ0n) is 18.6. The molecule has 0 saturated carbocycles. The van der Waals surface area contributed by atoms with Gasteiger partial charge < -0.3 is 10.0 Å². The van der Waals surface area contributed by atoms with Crippen LogP contribution in [0, 0.1) is 11.8 Å². The highest BCUT2D eigenvalue weighted by Gasteiger charge is 2.31. The maximum Gasteiger partial charge on any atom is 0.416 e. The van der Waals surface area contributed by atoms with Crippen molar-refractivity contribution in [3.8, 4) is 11.1 Å². The van der Waals surface area contributed by atoms with Gasteiger partial charge in [0.15, 0.2) is 5.78 Å². The third-order valence-electron chi connectivity index (χ3n) is 6.76. The van der Waals surface area contributed by atoms with Crippen molar-refractivity contribution in [3.63, 3.8) is 0 Å². The molecule has 1 heterocycles. The predicted octanol–water partition coefficient (Wildman–Crippen LogP) is 6.05. The highest BCUT2D eigenvalue weighted by molar-refractivity contribution is 6.03. The van der Waals surface area contributed by atoms with Crippen LogP contribution in [0.1, 0.15) is 35.7 Å². The number of Topliss-reactive ketones (excluding diaryl/α,β-unsaturated/α-hetero) is 1. The SMILES string of the molecule is C[C@@H](CCC(=O)c1ccc2c(-c3ccc(C(F)(F)F)cc3)cccc2c1)C1CN(CCO)C1. The molecule has 6 heteroatoms. The first kappa shape index (κ1) is 23.5. The Morgan fingerprint density at radius 1 is 1.09 bits per heavy atom. The average Bonchev–Trinajstić information content (AvgIpc) is 2.78. The van der Waals surface area contributed by atoms with E-state index in [2.05, 4.69) is 11.8 Å². The van der Waals surface area contributed by atoms with Crippen LogP contribution in [0.4, 0.5) is 13.2 Å². The summed E-state index contributed by atoms with van der Waals surface area (Å²) in [5.74, 6) is 1.14. The van der Waals surface area contributed by atoms with Crippen molar-refractivity contribution in [2.24, 2.45) is 11.8 Å². The first-order valence-corrected chi connectivity index (χ1v) is 11.3. The van der Waals surface area contributed by atoms with E-state index in [-0.39, 0.29) is 12.4 Å². The quantitative estimate of drug-likeness (QED) is 0.421. The molecule has 0 aliphatic carbocycles. The predicted molar refractivity (Wildman–Crippen MR) is 124 cm³/mol. The lowest BCUT2D eigenvalue weighted by Crippen LogP contribution is -2.50. The fraction of sp³-hybridized carbons (Fsp3) is 0.370. The molecular weight excluding hydrogens is 427 g/mol. The lowest BCUT2D eigenvalue weighted by atomic mass is 9.83. The van der Waals surface area contributed by atoms with Crippen molar-refractivity contribution in [2.75, 3.05) is 26.2 Å². The van der Waals surface area contributed by atoms with Gasteiger partial charge in [-0.15, -0.1) is 0 Å². The number of aliphatic hydroxyl groups excluding tert-OH is 1. The molecule has 0 spiro atoms. The molecule has 33 heavy (non-hydrogen) atoms. The van der Waals surface area contributed by atoms with Crippen LogP contribution >= 0.6 is 0 Å². The maximum absolute atomic E-state index is 12.9. The third-order valence-corrected chi connectivity index (χ3v) is 6.76. The number of alkyl halides is 3. The Balaban J connectivity index is 1.45. The van der Waals surface area contributed by atoms with Crippen molar-refractivity contribution in [2.45, 2.75) is 25.9 Å². The Morgan fingerprint density at radius 2 is 1.82 bits per heavy atom. The fourth-order valence-electron chi connectivity index (χ4n) is 4.58. The molecule has 3 aromatic carbocycles. The molecule has 1 atom stereocenters. The van der Waals surface area contributed by atoms with Crippen LogP contribution in [0.3, 0.4) is 0 Å². The molecule has 1 saturated heterocycles. The topological polar surface area (TPSA) is 40.5 Å². The van der Waals surface area contributed by atoms with Crippen LogP contribution in [0.15, 0.2) is 60.7 Å². The summed E-state index contributed by atoms with van der Waals surface area (Å²) in [6.07, 6.45) is -3.04. The normalized spacial score (nSPS) is 16.0. The molecule has 0 radical (unpaired) electrons. The van der Waals surface area contributed by atoms with Gasteiger partial charge in [-0.05, 0) is 58.4 Å². The average molecular weight is 456 g/mol. The highest BCUT2D eigenvalue weighted by atomic mass is 19.4. The zero-order valence-corrected chi connectivity index (χ0v) is 18.6. The molecule has 0 bridgehead atoms. The van der Waals surface area contributed by atoms with Gasteiger partial charge in [-0.25, -0.2) is 0 Å². The first-order chi connectivity index (χ1) is 15.8. The van der Waals surface area contributed by atoms with E-state index in [1.807, 2.05) is 36.4 Å². The first-order valence-electron chi connectivity index (χ1n) is 11.3. The second kappa shape index (κ2) is 9.65. The molecule has 3 nitrogen and oxygen atoms in total. The van der Waals surface area contributed by atoms with Gasteiger partial charge in [0, 0.05) is 31.6 Å². The summed E-state index contributed by atoms with van der Waals surface area (Å²) in [7, 11) is 0. The molecule has 0 aromatic heterocycles. The Bertz CT molecular complexity index is 1120. The number of carbonyl (C=O) groups is 1. The molecule has 3 aromatic rings. The minimum absolute atomic E-state index is 0.107. The Labute approximate surface area is 191 Å². The third kappa shape index (κ3) is 5.28. The summed E-state index contributed by atoms with van der Waals surface area (Å²) in [5.41, 5.74) is 1.54. The van der Waals surface area contributed by atoms with Crippen molar-refractivity contribution in [1.82, 2.24) is 4.90 Å². The Kier molecular flexibility index (Phi) is 6.86. The van der Waals surface area contributed by atoms with Crippen molar-refractivity contribution in [1.29, 1.82) is 0 Å². The van der Waals surface area contributed by atoms with Gasteiger partial charge in [0.1, 0.15) is 0 Å². The van der Waals surface area contributed by atoms with Crippen molar-refractivity contribution >= 4 is 16.6 Å². The lowest BCUT2D eigenvalue weighted by Gasteiger charge is -2.42. The van der Waals surface area contributed by atoms with Crippen molar-refractivity contribution in [3.05, 3.63) is 71.8 Å². The highest BCUT2D eigenvalue weighted by Crippen LogP contribution is 2.34. The monoisotopic (exact) mass is 455 g/mol. The molecule has 1 N–H and O–H groups in total.